The third kappa shape index (κ3) is 5.00. The third-order valence-corrected chi connectivity index (χ3v) is 2.57. The van der Waals surface area contributed by atoms with Gasteiger partial charge in [-0.1, -0.05) is 0 Å². The molecule has 0 saturated heterocycles. The van der Waals surface area contributed by atoms with E-state index in [1.165, 1.54) is 0 Å². The minimum atomic E-state index is 0.0201. The van der Waals surface area contributed by atoms with E-state index in [0.717, 1.165) is 30.2 Å². The largest absolute Gasteiger partial charge is 0.497 e. The van der Waals surface area contributed by atoms with Gasteiger partial charge in [-0.3, -0.25) is 9.88 Å². The summed E-state index contributed by atoms with van der Waals surface area (Å²) in [5.41, 5.74) is 7.86. The van der Waals surface area contributed by atoms with Crippen LogP contribution in [0.2, 0.25) is 0 Å². The Morgan fingerprint density at radius 1 is 1.39 bits per heavy atom. The van der Waals surface area contributed by atoms with Gasteiger partial charge in [0.05, 0.1) is 19.4 Å². The standard InChI is InChI=1S/C13H23N3O2/c1-10-5-13(18-4)6-12(15-10)8-16(2)7-11(14)9-17-3/h5-6,11H,7-9,14H2,1-4H3. The summed E-state index contributed by atoms with van der Waals surface area (Å²) in [6.45, 7) is 4.04. The Balaban J connectivity index is 2.58. The third-order valence-electron chi connectivity index (χ3n) is 2.57. The van der Waals surface area contributed by atoms with Crippen molar-refractivity contribution in [1.82, 2.24) is 9.88 Å². The van der Waals surface area contributed by atoms with Crippen molar-refractivity contribution >= 4 is 0 Å². The van der Waals surface area contributed by atoms with E-state index in [9.17, 15) is 0 Å². The molecule has 1 atom stereocenters. The highest BCUT2D eigenvalue weighted by molar-refractivity contribution is 5.26. The molecule has 5 nitrogen and oxygen atoms in total. The van der Waals surface area contributed by atoms with Crippen molar-refractivity contribution in [1.29, 1.82) is 0 Å². The normalized spacial score (nSPS) is 12.8. The van der Waals surface area contributed by atoms with Gasteiger partial charge in [-0.2, -0.15) is 0 Å². The lowest BCUT2D eigenvalue weighted by molar-refractivity contribution is 0.159. The molecule has 0 aliphatic heterocycles. The average Bonchev–Trinajstić information content (AvgIpc) is 2.27. The molecule has 0 aliphatic rings. The molecule has 1 unspecified atom stereocenters. The summed E-state index contributed by atoms with van der Waals surface area (Å²) < 4.78 is 10.3. The van der Waals surface area contributed by atoms with E-state index in [-0.39, 0.29) is 6.04 Å². The number of ether oxygens (including phenoxy) is 2. The molecule has 5 heteroatoms. The Bertz CT molecular complexity index is 371. The Morgan fingerprint density at radius 3 is 2.72 bits per heavy atom. The molecular formula is C13H23N3O2. The maximum atomic E-state index is 5.91. The van der Waals surface area contributed by atoms with Crippen molar-refractivity contribution < 1.29 is 9.47 Å². The summed E-state index contributed by atoms with van der Waals surface area (Å²) in [5.74, 6) is 0.840. The Kier molecular flexibility index (Phi) is 6.04. The fourth-order valence-corrected chi connectivity index (χ4v) is 1.91. The highest BCUT2D eigenvalue weighted by Crippen LogP contribution is 2.14. The topological polar surface area (TPSA) is 60.6 Å². The molecule has 0 radical (unpaired) electrons. The predicted molar refractivity (Wildman–Crippen MR) is 71.7 cm³/mol. The summed E-state index contributed by atoms with van der Waals surface area (Å²) in [6.07, 6.45) is 0. The molecule has 0 aliphatic carbocycles. The molecule has 0 fully saturated rings. The molecular weight excluding hydrogens is 230 g/mol. The molecule has 1 rings (SSSR count). The van der Waals surface area contributed by atoms with Gasteiger partial charge in [0.15, 0.2) is 0 Å². The van der Waals surface area contributed by atoms with E-state index in [0.29, 0.717) is 6.61 Å². The lowest BCUT2D eigenvalue weighted by Gasteiger charge is -2.20. The van der Waals surface area contributed by atoms with Crippen molar-refractivity contribution in [3.8, 4) is 5.75 Å². The molecule has 0 aromatic carbocycles. The number of likely N-dealkylation sites (N-methyl/N-ethyl adjacent to an activating group) is 1. The van der Waals surface area contributed by atoms with Crippen LogP contribution < -0.4 is 10.5 Å². The van der Waals surface area contributed by atoms with Crippen LogP contribution in [0.4, 0.5) is 0 Å². The van der Waals surface area contributed by atoms with Gasteiger partial charge in [0.25, 0.3) is 0 Å². The van der Waals surface area contributed by atoms with E-state index in [1.54, 1.807) is 14.2 Å². The first-order valence-electron chi connectivity index (χ1n) is 5.99. The first kappa shape index (κ1) is 14.9. The first-order chi connectivity index (χ1) is 8.55. The lowest BCUT2D eigenvalue weighted by Crippen LogP contribution is -2.38. The lowest BCUT2D eigenvalue weighted by atomic mass is 10.2. The second-order valence-electron chi connectivity index (χ2n) is 4.55. The summed E-state index contributed by atoms with van der Waals surface area (Å²) in [4.78, 5) is 6.61. The molecule has 1 aromatic rings. The van der Waals surface area contributed by atoms with Gasteiger partial charge in [-0.15, -0.1) is 0 Å². The monoisotopic (exact) mass is 253 g/mol. The molecule has 2 N–H and O–H groups in total. The van der Waals surface area contributed by atoms with Crippen LogP contribution in [-0.4, -0.2) is 50.3 Å². The summed E-state index contributed by atoms with van der Waals surface area (Å²) in [5, 5.41) is 0. The fourth-order valence-electron chi connectivity index (χ4n) is 1.91. The zero-order valence-electron chi connectivity index (χ0n) is 11.6. The van der Waals surface area contributed by atoms with Gasteiger partial charge in [-0.05, 0) is 14.0 Å². The van der Waals surface area contributed by atoms with Crippen LogP contribution in [0.1, 0.15) is 11.4 Å². The maximum absolute atomic E-state index is 5.91. The molecule has 18 heavy (non-hydrogen) atoms. The summed E-state index contributed by atoms with van der Waals surface area (Å²) >= 11 is 0. The van der Waals surface area contributed by atoms with E-state index in [1.807, 2.05) is 26.1 Å². The van der Waals surface area contributed by atoms with Crippen LogP contribution in [0.3, 0.4) is 0 Å². The van der Waals surface area contributed by atoms with E-state index in [4.69, 9.17) is 15.2 Å². The van der Waals surface area contributed by atoms with Crippen LogP contribution in [0.25, 0.3) is 0 Å². The number of nitrogens with two attached hydrogens (primary N) is 1. The second-order valence-corrected chi connectivity index (χ2v) is 4.55. The molecule has 1 aromatic heterocycles. The molecule has 102 valence electrons. The Hall–Kier alpha value is -1.17. The minimum absolute atomic E-state index is 0.0201. The van der Waals surface area contributed by atoms with Crippen molar-refractivity contribution in [3.63, 3.8) is 0 Å². The van der Waals surface area contributed by atoms with Gasteiger partial charge in [-0.25, -0.2) is 0 Å². The number of rotatable bonds is 7. The van der Waals surface area contributed by atoms with Crippen LogP contribution in [0.5, 0.6) is 5.75 Å². The SMILES string of the molecule is COCC(N)CN(C)Cc1cc(OC)cc(C)n1. The summed E-state index contributed by atoms with van der Waals surface area (Å²) in [7, 11) is 5.34. The number of aromatic nitrogens is 1. The Labute approximate surface area is 109 Å². The zero-order chi connectivity index (χ0) is 13.5. The van der Waals surface area contributed by atoms with Crippen LogP contribution in [0, 0.1) is 6.92 Å². The minimum Gasteiger partial charge on any atom is -0.497 e. The fraction of sp³-hybridized carbons (Fsp3) is 0.615. The number of methoxy groups -OCH3 is 2. The molecule has 0 bridgehead atoms. The van der Waals surface area contributed by atoms with Gasteiger partial charge >= 0.3 is 0 Å². The van der Waals surface area contributed by atoms with E-state index >= 15 is 0 Å². The average molecular weight is 253 g/mol. The number of nitrogens with zero attached hydrogens (tertiary/aromatic N) is 2. The zero-order valence-corrected chi connectivity index (χ0v) is 11.6. The predicted octanol–water partition coefficient (Wildman–Crippen LogP) is 0.804. The molecule has 0 amide bonds. The first-order valence-corrected chi connectivity index (χ1v) is 5.99. The van der Waals surface area contributed by atoms with Gasteiger partial charge in [0.2, 0.25) is 0 Å². The van der Waals surface area contributed by atoms with Gasteiger partial charge in [0.1, 0.15) is 5.75 Å². The highest BCUT2D eigenvalue weighted by atomic mass is 16.5. The van der Waals surface area contributed by atoms with Crippen LogP contribution in [0.15, 0.2) is 12.1 Å². The number of hydrogen-bond acceptors (Lipinski definition) is 5. The summed E-state index contributed by atoms with van der Waals surface area (Å²) in [6, 6.07) is 3.89. The van der Waals surface area contributed by atoms with E-state index < -0.39 is 0 Å². The number of aryl methyl sites for hydroxylation is 1. The van der Waals surface area contributed by atoms with Gasteiger partial charge in [0, 0.05) is 44.1 Å². The van der Waals surface area contributed by atoms with Crippen LogP contribution in [-0.2, 0) is 11.3 Å². The highest BCUT2D eigenvalue weighted by Gasteiger charge is 2.09. The quantitative estimate of drug-likeness (QED) is 0.779. The second kappa shape index (κ2) is 7.31. The maximum Gasteiger partial charge on any atom is 0.122 e. The van der Waals surface area contributed by atoms with E-state index in [2.05, 4.69) is 9.88 Å². The Morgan fingerprint density at radius 2 is 2.11 bits per heavy atom. The number of pyridine rings is 1. The van der Waals surface area contributed by atoms with Gasteiger partial charge < -0.3 is 15.2 Å². The van der Waals surface area contributed by atoms with Crippen molar-refractivity contribution in [3.05, 3.63) is 23.5 Å². The molecule has 0 saturated carbocycles. The van der Waals surface area contributed by atoms with Crippen molar-refractivity contribution in [2.75, 3.05) is 34.4 Å². The smallest absolute Gasteiger partial charge is 0.122 e. The van der Waals surface area contributed by atoms with Crippen LogP contribution >= 0.6 is 0 Å². The van der Waals surface area contributed by atoms with Crippen molar-refractivity contribution in [2.24, 2.45) is 5.73 Å². The van der Waals surface area contributed by atoms with Crippen molar-refractivity contribution in [2.45, 2.75) is 19.5 Å². The number of hydrogen-bond donors (Lipinski definition) is 1. The molecule has 1 heterocycles. The molecule has 0 spiro atoms.